The van der Waals surface area contributed by atoms with Crippen LogP contribution in [0.25, 0.3) is 0 Å². The van der Waals surface area contributed by atoms with E-state index in [4.69, 9.17) is 14.2 Å². The highest BCUT2D eigenvalue weighted by atomic mass is 19.4. The van der Waals surface area contributed by atoms with Crippen molar-refractivity contribution >= 4 is 0 Å². The maximum Gasteiger partial charge on any atom is 0.413 e. The van der Waals surface area contributed by atoms with Crippen molar-refractivity contribution in [3.05, 3.63) is 17.7 Å². The Bertz CT molecular complexity index is 440. The molecule has 8 heteroatoms. The second-order valence-corrected chi connectivity index (χ2v) is 4.20. The predicted octanol–water partition coefficient (Wildman–Crippen LogP) is 2.86. The van der Waals surface area contributed by atoms with E-state index in [0.717, 1.165) is 0 Å². The van der Waals surface area contributed by atoms with Crippen molar-refractivity contribution in [1.29, 1.82) is 0 Å². The van der Waals surface area contributed by atoms with E-state index in [1.807, 2.05) is 0 Å². The molecule has 21 heavy (non-hydrogen) atoms. The molecule has 0 aliphatic heterocycles. The lowest BCUT2D eigenvalue weighted by Gasteiger charge is -2.19. The Kier molecular flexibility index (Phi) is 6.10. The Labute approximate surface area is 120 Å². The van der Waals surface area contributed by atoms with Gasteiger partial charge in [0.25, 0.3) is 0 Å². The number of hydrogen-bond donors (Lipinski definition) is 1. The van der Waals surface area contributed by atoms with Gasteiger partial charge < -0.3 is 14.2 Å². The van der Waals surface area contributed by atoms with E-state index in [1.165, 1.54) is 21.3 Å². The Hall–Kier alpha value is -1.67. The number of hydrogen-bond acceptors (Lipinski definition) is 5. The van der Waals surface area contributed by atoms with E-state index in [0.29, 0.717) is 22.8 Å². The number of methoxy groups -OCH3 is 3. The monoisotopic (exact) mass is 309 g/mol. The van der Waals surface area contributed by atoms with Gasteiger partial charge in [0.2, 0.25) is 5.75 Å². The number of alkyl halides is 3. The van der Waals surface area contributed by atoms with Crippen LogP contribution in [0.1, 0.15) is 18.5 Å². The van der Waals surface area contributed by atoms with E-state index < -0.39 is 18.8 Å². The summed E-state index contributed by atoms with van der Waals surface area (Å²) < 4.78 is 51.6. The molecule has 0 spiro atoms. The van der Waals surface area contributed by atoms with Gasteiger partial charge >= 0.3 is 6.18 Å². The Balaban J connectivity index is 2.87. The molecule has 0 heterocycles. The van der Waals surface area contributed by atoms with E-state index in [9.17, 15) is 13.2 Å². The average Bonchev–Trinajstić information content (AvgIpc) is 2.43. The molecule has 0 aliphatic carbocycles. The van der Waals surface area contributed by atoms with Crippen molar-refractivity contribution in [2.45, 2.75) is 19.1 Å². The molecule has 0 bridgehead atoms. The van der Waals surface area contributed by atoms with Gasteiger partial charge in [-0.05, 0) is 24.6 Å². The minimum atomic E-state index is -4.39. The van der Waals surface area contributed by atoms with Crippen LogP contribution in [-0.2, 0) is 4.84 Å². The molecule has 0 aromatic heterocycles. The summed E-state index contributed by atoms with van der Waals surface area (Å²) in [7, 11) is 4.38. The molecule has 1 rings (SSSR count). The lowest BCUT2D eigenvalue weighted by Crippen LogP contribution is -2.26. The van der Waals surface area contributed by atoms with Crippen molar-refractivity contribution in [2.75, 3.05) is 27.9 Å². The van der Waals surface area contributed by atoms with Crippen LogP contribution >= 0.6 is 0 Å². The number of rotatable bonds is 7. The smallest absolute Gasteiger partial charge is 0.413 e. The van der Waals surface area contributed by atoms with Crippen LogP contribution in [0.15, 0.2) is 12.1 Å². The third-order valence-electron chi connectivity index (χ3n) is 2.68. The zero-order valence-electron chi connectivity index (χ0n) is 12.2. The zero-order chi connectivity index (χ0) is 16.0. The van der Waals surface area contributed by atoms with Crippen LogP contribution in [0.2, 0.25) is 0 Å². The van der Waals surface area contributed by atoms with Crippen molar-refractivity contribution in [2.24, 2.45) is 0 Å². The topological polar surface area (TPSA) is 49.0 Å². The summed E-state index contributed by atoms with van der Waals surface area (Å²) in [6.45, 7) is 0.277. The fourth-order valence-electron chi connectivity index (χ4n) is 1.67. The summed E-state index contributed by atoms with van der Waals surface area (Å²) in [4.78, 5) is 4.43. The second kappa shape index (κ2) is 7.37. The number of benzene rings is 1. The molecular formula is C13H18F3NO4. The van der Waals surface area contributed by atoms with Gasteiger partial charge in [0, 0.05) is 0 Å². The number of nitrogens with one attached hydrogen (secondary N) is 1. The fourth-order valence-corrected chi connectivity index (χ4v) is 1.67. The van der Waals surface area contributed by atoms with Gasteiger partial charge in [-0.3, -0.25) is 4.84 Å². The van der Waals surface area contributed by atoms with Crippen LogP contribution in [0, 0.1) is 0 Å². The highest BCUT2D eigenvalue weighted by Crippen LogP contribution is 2.39. The maximum atomic E-state index is 12.0. The van der Waals surface area contributed by atoms with Gasteiger partial charge in [-0.2, -0.15) is 18.7 Å². The minimum Gasteiger partial charge on any atom is -0.493 e. The molecule has 0 radical (unpaired) electrons. The first-order valence-corrected chi connectivity index (χ1v) is 6.06. The van der Waals surface area contributed by atoms with E-state index in [2.05, 4.69) is 10.3 Å². The molecule has 0 saturated carbocycles. The standard InChI is InChI=1S/C13H18F3NO4/c1-8(17-21-7-13(14,15)16)9-5-10(18-2)12(20-4)11(6-9)19-3/h5-6,8,17H,7H2,1-4H3. The van der Waals surface area contributed by atoms with Crippen molar-refractivity contribution < 1.29 is 32.2 Å². The van der Waals surface area contributed by atoms with E-state index in [1.54, 1.807) is 19.1 Å². The predicted molar refractivity (Wildman–Crippen MR) is 69.7 cm³/mol. The van der Waals surface area contributed by atoms with Gasteiger partial charge in [0.05, 0.1) is 27.4 Å². The van der Waals surface area contributed by atoms with Crippen LogP contribution in [0.4, 0.5) is 13.2 Å². The SMILES string of the molecule is COc1cc(C(C)NOCC(F)(F)F)cc(OC)c1OC. The van der Waals surface area contributed by atoms with E-state index in [-0.39, 0.29) is 0 Å². The first-order valence-electron chi connectivity index (χ1n) is 6.06. The molecule has 1 atom stereocenters. The summed E-state index contributed by atoms with van der Waals surface area (Å²) in [5, 5.41) is 0. The highest BCUT2D eigenvalue weighted by molar-refractivity contribution is 5.54. The second-order valence-electron chi connectivity index (χ2n) is 4.20. The molecule has 0 fully saturated rings. The lowest BCUT2D eigenvalue weighted by atomic mass is 10.1. The largest absolute Gasteiger partial charge is 0.493 e. The molecule has 1 unspecified atom stereocenters. The summed E-state index contributed by atoms with van der Waals surface area (Å²) in [5.41, 5.74) is 2.95. The summed E-state index contributed by atoms with van der Waals surface area (Å²) >= 11 is 0. The first-order chi connectivity index (χ1) is 9.82. The normalized spacial score (nSPS) is 12.9. The zero-order valence-corrected chi connectivity index (χ0v) is 12.2. The maximum absolute atomic E-state index is 12.0. The van der Waals surface area contributed by atoms with Crippen LogP contribution in [-0.4, -0.2) is 34.1 Å². The van der Waals surface area contributed by atoms with Gasteiger partial charge in [-0.15, -0.1) is 0 Å². The molecule has 0 aliphatic rings. The average molecular weight is 309 g/mol. The molecule has 0 saturated heterocycles. The van der Waals surface area contributed by atoms with Gasteiger partial charge in [0.1, 0.15) is 0 Å². The number of hydroxylamine groups is 1. The molecule has 1 aromatic carbocycles. The Morgan fingerprint density at radius 2 is 1.57 bits per heavy atom. The van der Waals surface area contributed by atoms with Gasteiger partial charge in [0.15, 0.2) is 18.1 Å². The number of halogens is 3. The molecule has 0 amide bonds. The van der Waals surface area contributed by atoms with Gasteiger partial charge in [-0.1, -0.05) is 0 Å². The van der Waals surface area contributed by atoms with E-state index >= 15 is 0 Å². The van der Waals surface area contributed by atoms with Crippen molar-refractivity contribution in [1.82, 2.24) is 5.48 Å². The lowest BCUT2D eigenvalue weighted by molar-refractivity contribution is -0.192. The van der Waals surface area contributed by atoms with Gasteiger partial charge in [-0.25, -0.2) is 0 Å². The molecule has 1 aromatic rings. The van der Waals surface area contributed by atoms with Crippen LogP contribution < -0.4 is 19.7 Å². The quantitative estimate of drug-likeness (QED) is 0.785. The van der Waals surface area contributed by atoms with Crippen LogP contribution in [0.3, 0.4) is 0 Å². The minimum absolute atomic E-state index is 0.409. The highest BCUT2D eigenvalue weighted by Gasteiger charge is 2.28. The Morgan fingerprint density at radius 3 is 1.95 bits per heavy atom. The summed E-state index contributed by atoms with van der Waals surface area (Å²) in [6.07, 6.45) is -4.39. The Morgan fingerprint density at radius 1 is 1.05 bits per heavy atom. The first kappa shape index (κ1) is 17.4. The van der Waals surface area contributed by atoms with Crippen LogP contribution in [0.5, 0.6) is 17.2 Å². The third-order valence-corrected chi connectivity index (χ3v) is 2.68. The van der Waals surface area contributed by atoms with Crippen molar-refractivity contribution in [3.8, 4) is 17.2 Å². The number of ether oxygens (including phenoxy) is 3. The fraction of sp³-hybridized carbons (Fsp3) is 0.538. The molecule has 120 valence electrons. The molecule has 5 nitrogen and oxygen atoms in total. The summed E-state index contributed by atoms with van der Waals surface area (Å²) in [6, 6.07) is 2.77. The van der Waals surface area contributed by atoms with Crippen molar-refractivity contribution in [3.63, 3.8) is 0 Å². The summed E-state index contributed by atoms with van der Waals surface area (Å²) in [5.74, 6) is 1.24. The molecular weight excluding hydrogens is 291 g/mol. The molecule has 1 N–H and O–H groups in total. The third kappa shape index (κ3) is 4.98.